The largest absolute Gasteiger partial charge is 0.490 e. The number of carbonyl (C=O) groups excluding carboxylic acids is 2. The van der Waals surface area contributed by atoms with Gasteiger partial charge in [-0.1, -0.05) is 48.6 Å². The first-order valence-electron chi connectivity index (χ1n) is 12.3. The third kappa shape index (κ3) is 10.4. The van der Waals surface area contributed by atoms with E-state index >= 15 is 0 Å². The summed E-state index contributed by atoms with van der Waals surface area (Å²) in [5.41, 5.74) is 9.74. The van der Waals surface area contributed by atoms with E-state index in [1.807, 2.05) is 12.2 Å². The van der Waals surface area contributed by atoms with Gasteiger partial charge in [0.05, 0.1) is 11.3 Å². The van der Waals surface area contributed by atoms with Crippen LogP contribution in [0.3, 0.4) is 0 Å². The van der Waals surface area contributed by atoms with Crippen molar-refractivity contribution < 1.29 is 55.7 Å². The summed E-state index contributed by atoms with van der Waals surface area (Å²) in [6.07, 6.45) is -1.68. The quantitative estimate of drug-likeness (QED) is 0.294. The number of para-hydroxylation sites is 1. The number of hydrogen-bond donors (Lipinski definition) is 5. The van der Waals surface area contributed by atoms with Gasteiger partial charge in [0.15, 0.2) is 0 Å². The summed E-state index contributed by atoms with van der Waals surface area (Å²) < 4.78 is 71.4. The molecule has 0 saturated carbocycles. The number of nitrogens with zero attached hydrogens (tertiary/aromatic N) is 1. The highest BCUT2D eigenvalue weighted by atomic mass is 32.2. The summed E-state index contributed by atoms with van der Waals surface area (Å²) in [6, 6.07) is 10.6. The highest BCUT2D eigenvalue weighted by Crippen LogP contribution is 2.37. The van der Waals surface area contributed by atoms with Crippen LogP contribution in [0.1, 0.15) is 21.5 Å². The normalized spacial score (nSPS) is 18.6. The zero-order valence-electron chi connectivity index (χ0n) is 22.4. The summed E-state index contributed by atoms with van der Waals surface area (Å²) >= 11 is 1.58. The fraction of sp³-hybridized carbons (Fsp3) is 0.259. The molecule has 0 aromatic heterocycles. The van der Waals surface area contributed by atoms with E-state index in [1.54, 1.807) is 17.8 Å². The summed E-state index contributed by atoms with van der Waals surface area (Å²) in [6.45, 7) is -0.766. The SMILES string of the molecule is NC(=O)C1NC2C=CC=CC2S1.NCc1cccc(C(=O)N(CC(=O)O)c2ccccc2C(F)(F)F)c1.O=C(O)C(F)(F)F. The third-order valence-corrected chi connectivity index (χ3v) is 7.08. The number of nitrogens with two attached hydrogens (primary N) is 2. The van der Waals surface area contributed by atoms with E-state index in [0.717, 1.165) is 12.1 Å². The second kappa shape index (κ2) is 15.4. The van der Waals surface area contributed by atoms with Crippen molar-refractivity contribution in [3.8, 4) is 0 Å². The van der Waals surface area contributed by atoms with Gasteiger partial charge in [0.25, 0.3) is 5.91 Å². The van der Waals surface area contributed by atoms with Crippen molar-refractivity contribution >= 4 is 41.2 Å². The van der Waals surface area contributed by atoms with Gasteiger partial charge in [-0.25, -0.2) is 4.79 Å². The second-order valence-corrected chi connectivity index (χ2v) is 10.1. The summed E-state index contributed by atoms with van der Waals surface area (Å²) in [7, 11) is 0. The molecule has 44 heavy (non-hydrogen) atoms. The van der Waals surface area contributed by atoms with Crippen LogP contribution in [0.2, 0.25) is 0 Å². The van der Waals surface area contributed by atoms with Crippen LogP contribution in [0.25, 0.3) is 0 Å². The highest BCUT2D eigenvalue weighted by Gasteiger charge is 2.38. The number of aliphatic carboxylic acids is 2. The third-order valence-electron chi connectivity index (χ3n) is 5.67. The predicted octanol–water partition coefficient (Wildman–Crippen LogP) is 3.53. The summed E-state index contributed by atoms with van der Waals surface area (Å²) in [5, 5.41) is 19.4. The Morgan fingerprint density at radius 1 is 0.932 bits per heavy atom. The minimum absolute atomic E-state index is 0.0566. The van der Waals surface area contributed by atoms with Gasteiger partial charge < -0.3 is 21.7 Å². The molecule has 2 amide bonds. The van der Waals surface area contributed by atoms with Crippen LogP contribution in [0.4, 0.5) is 32.0 Å². The van der Waals surface area contributed by atoms with Gasteiger partial charge in [0.1, 0.15) is 11.9 Å². The van der Waals surface area contributed by atoms with Crippen LogP contribution in [0.5, 0.6) is 0 Å². The monoisotopic (exact) mass is 648 g/mol. The van der Waals surface area contributed by atoms with E-state index in [1.165, 1.54) is 30.3 Å². The number of carbonyl (C=O) groups is 4. The van der Waals surface area contributed by atoms with Crippen molar-refractivity contribution in [2.45, 2.75) is 35.6 Å². The number of anilines is 1. The molecule has 2 aliphatic rings. The van der Waals surface area contributed by atoms with E-state index in [4.69, 9.17) is 26.5 Å². The molecule has 1 saturated heterocycles. The molecule has 2 aromatic rings. The topological polar surface area (TPSA) is 176 Å². The van der Waals surface area contributed by atoms with Crippen LogP contribution in [-0.4, -0.2) is 63.4 Å². The molecule has 0 radical (unpaired) electrons. The fourth-order valence-electron chi connectivity index (χ4n) is 3.73. The Balaban J connectivity index is 0.000000291. The molecule has 4 rings (SSSR count). The number of halogens is 6. The molecule has 17 heteroatoms. The number of thioether (sulfide) groups is 1. The van der Waals surface area contributed by atoms with Gasteiger partial charge in [-0.15, -0.1) is 11.8 Å². The smallest absolute Gasteiger partial charge is 0.480 e. The van der Waals surface area contributed by atoms with Crippen molar-refractivity contribution in [2.24, 2.45) is 11.5 Å². The first kappa shape index (κ1) is 35.8. The standard InChI is InChI=1S/C17H15F3N2O3.C8H10N2OS.C2HF3O2/c18-17(19,20)13-6-1-2-7-14(13)22(10-15(23)24)16(25)12-5-3-4-11(8-12)9-21;9-7(11)8-10-5-3-1-2-4-6(5)12-8;3-2(4,5)1(6)7/h1-8H,9-10,21H2,(H,23,24);1-6,8,10H,(H2,9,11);(H,6,7). The van der Waals surface area contributed by atoms with Gasteiger partial charge in [0.2, 0.25) is 5.91 Å². The predicted molar refractivity (Wildman–Crippen MR) is 148 cm³/mol. The van der Waals surface area contributed by atoms with E-state index in [-0.39, 0.29) is 29.4 Å². The lowest BCUT2D eigenvalue weighted by Crippen LogP contribution is -2.38. The average molecular weight is 649 g/mol. The summed E-state index contributed by atoms with van der Waals surface area (Å²) in [5.74, 6) is -5.32. The first-order chi connectivity index (χ1) is 20.4. The van der Waals surface area contributed by atoms with Gasteiger partial charge in [-0.05, 0) is 29.8 Å². The Bertz CT molecular complexity index is 1400. The van der Waals surface area contributed by atoms with Crippen molar-refractivity contribution in [2.75, 3.05) is 11.4 Å². The molecule has 10 nitrogen and oxygen atoms in total. The van der Waals surface area contributed by atoms with E-state index < -0.39 is 48.0 Å². The molecule has 1 heterocycles. The molecule has 0 bridgehead atoms. The lowest BCUT2D eigenvalue weighted by Gasteiger charge is -2.24. The Labute approximate surface area is 250 Å². The molecule has 1 fully saturated rings. The minimum Gasteiger partial charge on any atom is -0.480 e. The van der Waals surface area contributed by atoms with Crippen molar-refractivity contribution in [3.63, 3.8) is 0 Å². The number of carboxylic acid groups (broad SMARTS) is 2. The van der Waals surface area contributed by atoms with Crippen molar-refractivity contribution in [1.29, 1.82) is 0 Å². The number of amides is 2. The molecule has 1 aliphatic carbocycles. The van der Waals surface area contributed by atoms with Crippen LogP contribution < -0.4 is 21.7 Å². The number of alkyl halides is 6. The average Bonchev–Trinajstić information content (AvgIpc) is 3.40. The van der Waals surface area contributed by atoms with Crippen LogP contribution >= 0.6 is 11.8 Å². The van der Waals surface area contributed by atoms with Crippen LogP contribution in [0.15, 0.2) is 72.8 Å². The molecular formula is C27H26F6N4O6S. The molecular weight excluding hydrogens is 622 g/mol. The zero-order valence-corrected chi connectivity index (χ0v) is 23.2. The number of primary amides is 1. The number of carboxylic acids is 2. The molecule has 7 N–H and O–H groups in total. The lowest BCUT2D eigenvalue weighted by atomic mass is 10.1. The number of rotatable bonds is 6. The zero-order chi connectivity index (χ0) is 33.2. The van der Waals surface area contributed by atoms with Gasteiger partial charge in [0, 0.05) is 23.4 Å². The number of benzene rings is 2. The fourth-order valence-corrected chi connectivity index (χ4v) is 4.93. The maximum absolute atomic E-state index is 13.2. The van der Waals surface area contributed by atoms with Gasteiger partial charge in [-0.2, -0.15) is 26.3 Å². The molecule has 0 spiro atoms. The van der Waals surface area contributed by atoms with Gasteiger partial charge >= 0.3 is 24.3 Å². The molecule has 238 valence electrons. The minimum atomic E-state index is -5.08. The van der Waals surface area contributed by atoms with E-state index in [9.17, 15) is 40.7 Å². The first-order valence-corrected chi connectivity index (χ1v) is 13.2. The Morgan fingerprint density at radius 2 is 1.55 bits per heavy atom. The Hall–Kier alpha value is -4.35. The number of allylic oxidation sites excluding steroid dienone is 2. The molecule has 3 atom stereocenters. The van der Waals surface area contributed by atoms with Crippen LogP contribution in [0, 0.1) is 0 Å². The van der Waals surface area contributed by atoms with Crippen molar-refractivity contribution in [1.82, 2.24) is 5.32 Å². The Kier molecular flexibility index (Phi) is 12.5. The molecule has 3 unspecified atom stereocenters. The van der Waals surface area contributed by atoms with E-state index in [0.29, 0.717) is 15.7 Å². The number of hydrogen-bond acceptors (Lipinski definition) is 7. The highest BCUT2D eigenvalue weighted by molar-refractivity contribution is 8.01. The molecule has 1 aliphatic heterocycles. The maximum Gasteiger partial charge on any atom is 0.490 e. The summed E-state index contributed by atoms with van der Waals surface area (Å²) in [4.78, 5) is 44.1. The van der Waals surface area contributed by atoms with Crippen LogP contribution in [-0.2, 0) is 27.1 Å². The Morgan fingerprint density at radius 3 is 2.07 bits per heavy atom. The van der Waals surface area contributed by atoms with Gasteiger partial charge in [-0.3, -0.25) is 24.6 Å². The number of fused-ring (bicyclic) bond motifs is 1. The number of nitrogens with one attached hydrogen (secondary N) is 1. The second-order valence-electron chi connectivity index (χ2n) is 8.85. The maximum atomic E-state index is 13.2. The lowest BCUT2D eigenvalue weighted by molar-refractivity contribution is -0.192. The van der Waals surface area contributed by atoms with Crippen molar-refractivity contribution in [3.05, 3.63) is 89.5 Å². The van der Waals surface area contributed by atoms with E-state index in [2.05, 4.69) is 17.5 Å². The molecule has 2 aromatic carbocycles.